The third-order valence-electron chi connectivity index (χ3n) is 3.13. The van der Waals surface area contributed by atoms with E-state index in [0.717, 1.165) is 33.5 Å². The summed E-state index contributed by atoms with van der Waals surface area (Å²) in [4.78, 5) is 14.2. The molecule has 2 nitrogen and oxygen atoms in total. The lowest BCUT2D eigenvalue weighted by Crippen LogP contribution is -2.37. The lowest BCUT2D eigenvalue weighted by atomic mass is 10.1. The number of thioether (sulfide) groups is 1. The predicted molar refractivity (Wildman–Crippen MR) is 76.7 cm³/mol. The van der Waals surface area contributed by atoms with Crippen molar-refractivity contribution in [3.8, 4) is 0 Å². The van der Waals surface area contributed by atoms with Crippen LogP contribution in [-0.2, 0) is 0 Å². The molecule has 0 spiro atoms. The molecule has 1 aliphatic rings. The Balaban J connectivity index is 2.18. The maximum absolute atomic E-state index is 12.4. The zero-order chi connectivity index (χ0) is 12.4. The topological polar surface area (TPSA) is 20.3 Å². The number of amides is 1. The van der Waals surface area contributed by atoms with Gasteiger partial charge in [0.05, 0.1) is 5.56 Å². The number of nitrogens with zero attached hydrogens (tertiary/aromatic N) is 1. The molecular weight excluding hydrogens is 298 g/mol. The lowest BCUT2D eigenvalue weighted by Gasteiger charge is -2.24. The number of rotatable bonds is 2. The number of benzene rings is 1. The summed E-state index contributed by atoms with van der Waals surface area (Å²) in [6, 6.07) is 6.26. The second-order valence-electron chi connectivity index (χ2n) is 4.42. The fourth-order valence-corrected chi connectivity index (χ4v) is 3.91. The molecule has 0 aliphatic carbocycles. The molecule has 92 valence electrons. The molecule has 0 N–H and O–H groups in total. The molecule has 1 saturated heterocycles. The fourth-order valence-electron chi connectivity index (χ4n) is 1.98. The summed E-state index contributed by atoms with van der Waals surface area (Å²) in [6.07, 6.45) is 1.11. The molecule has 4 heteroatoms. The van der Waals surface area contributed by atoms with Crippen molar-refractivity contribution in [1.29, 1.82) is 0 Å². The van der Waals surface area contributed by atoms with E-state index in [1.165, 1.54) is 0 Å². The molecular formula is C13H16BrNOS. The van der Waals surface area contributed by atoms with Crippen LogP contribution in [0.25, 0.3) is 0 Å². The fraction of sp³-hybridized carbons (Fsp3) is 0.462. The van der Waals surface area contributed by atoms with E-state index >= 15 is 0 Å². The van der Waals surface area contributed by atoms with E-state index in [0.29, 0.717) is 6.04 Å². The molecule has 1 aliphatic heterocycles. The summed E-state index contributed by atoms with van der Waals surface area (Å²) >= 11 is 5.40. The van der Waals surface area contributed by atoms with Gasteiger partial charge in [0.25, 0.3) is 5.91 Å². The molecule has 1 amide bonds. The Kier molecular flexibility index (Phi) is 4.15. The van der Waals surface area contributed by atoms with E-state index < -0.39 is 0 Å². The summed E-state index contributed by atoms with van der Waals surface area (Å²) in [6.45, 7) is 2.02. The number of aryl methyl sites for hydroxylation is 1. The van der Waals surface area contributed by atoms with Crippen molar-refractivity contribution in [2.45, 2.75) is 19.4 Å². The van der Waals surface area contributed by atoms with E-state index in [4.69, 9.17) is 0 Å². The van der Waals surface area contributed by atoms with Crippen molar-refractivity contribution in [2.75, 3.05) is 18.6 Å². The number of carbonyl (C=O) groups excluding carboxylic acids is 1. The van der Waals surface area contributed by atoms with Gasteiger partial charge in [0.2, 0.25) is 0 Å². The van der Waals surface area contributed by atoms with Crippen LogP contribution in [0.2, 0.25) is 0 Å². The van der Waals surface area contributed by atoms with Gasteiger partial charge < -0.3 is 4.90 Å². The smallest absolute Gasteiger partial charge is 0.255 e. The van der Waals surface area contributed by atoms with Gasteiger partial charge in [0, 0.05) is 23.3 Å². The van der Waals surface area contributed by atoms with Crippen molar-refractivity contribution in [2.24, 2.45) is 0 Å². The van der Waals surface area contributed by atoms with Gasteiger partial charge in [-0.15, -0.1) is 0 Å². The van der Waals surface area contributed by atoms with Crippen LogP contribution in [-0.4, -0.2) is 35.4 Å². The highest BCUT2D eigenvalue weighted by Crippen LogP contribution is 2.25. The second kappa shape index (κ2) is 5.44. The number of hydrogen-bond acceptors (Lipinski definition) is 2. The zero-order valence-corrected chi connectivity index (χ0v) is 12.5. The van der Waals surface area contributed by atoms with Crippen LogP contribution in [0.4, 0.5) is 0 Å². The standard InChI is InChI=1S/C13H16BrNOS/c1-9-3-4-11(12(14)7-9)13(16)15(2)10-5-6-17-8-10/h3-4,7,10H,5-6,8H2,1-2H3. The van der Waals surface area contributed by atoms with Crippen molar-refractivity contribution in [3.63, 3.8) is 0 Å². The first-order chi connectivity index (χ1) is 8.09. The summed E-state index contributed by atoms with van der Waals surface area (Å²) in [7, 11) is 1.91. The first-order valence-corrected chi connectivity index (χ1v) is 7.65. The molecule has 0 radical (unpaired) electrons. The minimum atomic E-state index is 0.115. The minimum absolute atomic E-state index is 0.115. The lowest BCUT2D eigenvalue weighted by molar-refractivity contribution is 0.0747. The minimum Gasteiger partial charge on any atom is -0.338 e. The molecule has 2 rings (SSSR count). The largest absolute Gasteiger partial charge is 0.338 e. The molecule has 1 fully saturated rings. The van der Waals surface area contributed by atoms with Crippen LogP contribution in [0.5, 0.6) is 0 Å². The molecule has 0 aromatic heterocycles. The van der Waals surface area contributed by atoms with E-state index in [-0.39, 0.29) is 5.91 Å². The predicted octanol–water partition coefficient (Wildman–Crippen LogP) is 3.34. The Morgan fingerprint density at radius 3 is 2.88 bits per heavy atom. The maximum atomic E-state index is 12.4. The van der Waals surface area contributed by atoms with Gasteiger partial charge in [-0.25, -0.2) is 0 Å². The van der Waals surface area contributed by atoms with Gasteiger partial charge in [-0.05, 0) is 52.7 Å². The summed E-state index contributed by atoms with van der Waals surface area (Å²) in [5, 5.41) is 0. The van der Waals surface area contributed by atoms with E-state index in [1.807, 2.05) is 48.8 Å². The van der Waals surface area contributed by atoms with E-state index in [9.17, 15) is 4.79 Å². The number of hydrogen-bond donors (Lipinski definition) is 0. The molecule has 1 atom stereocenters. The molecule has 1 unspecified atom stereocenters. The van der Waals surface area contributed by atoms with Crippen molar-refractivity contribution < 1.29 is 4.79 Å². The highest BCUT2D eigenvalue weighted by molar-refractivity contribution is 9.10. The van der Waals surface area contributed by atoms with Crippen LogP contribution in [0.1, 0.15) is 22.3 Å². The Labute approximate surface area is 115 Å². The Hall–Kier alpha value is -0.480. The van der Waals surface area contributed by atoms with Gasteiger partial charge in [-0.3, -0.25) is 4.79 Å². The van der Waals surface area contributed by atoms with Crippen LogP contribution in [0.15, 0.2) is 22.7 Å². The van der Waals surface area contributed by atoms with E-state index in [2.05, 4.69) is 15.9 Å². The molecule has 0 saturated carbocycles. The van der Waals surface area contributed by atoms with Crippen LogP contribution >= 0.6 is 27.7 Å². The number of carbonyl (C=O) groups is 1. The second-order valence-corrected chi connectivity index (χ2v) is 6.42. The summed E-state index contributed by atoms with van der Waals surface area (Å²) in [5.41, 5.74) is 1.92. The average Bonchev–Trinajstić information content (AvgIpc) is 2.80. The first kappa shape index (κ1) is 13.0. The quantitative estimate of drug-likeness (QED) is 0.834. The maximum Gasteiger partial charge on any atom is 0.255 e. The normalized spacial score (nSPS) is 19.4. The average molecular weight is 314 g/mol. The van der Waals surface area contributed by atoms with Crippen LogP contribution in [0.3, 0.4) is 0 Å². The van der Waals surface area contributed by atoms with Gasteiger partial charge >= 0.3 is 0 Å². The third kappa shape index (κ3) is 2.86. The highest BCUT2D eigenvalue weighted by Gasteiger charge is 2.25. The van der Waals surface area contributed by atoms with Crippen molar-refractivity contribution in [1.82, 2.24) is 4.90 Å². The Morgan fingerprint density at radius 2 is 2.29 bits per heavy atom. The zero-order valence-electron chi connectivity index (χ0n) is 10.1. The molecule has 1 aromatic carbocycles. The van der Waals surface area contributed by atoms with Gasteiger partial charge in [0.15, 0.2) is 0 Å². The molecule has 1 aromatic rings. The van der Waals surface area contributed by atoms with Gasteiger partial charge in [-0.1, -0.05) is 6.07 Å². The summed E-state index contributed by atoms with van der Waals surface area (Å²) < 4.78 is 0.889. The molecule has 17 heavy (non-hydrogen) atoms. The third-order valence-corrected chi connectivity index (χ3v) is 4.93. The Bertz CT molecular complexity index is 429. The van der Waals surface area contributed by atoms with Crippen LogP contribution < -0.4 is 0 Å². The first-order valence-electron chi connectivity index (χ1n) is 5.70. The molecule has 1 heterocycles. The van der Waals surface area contributed by atoms with Gasteiger partial charge in [0.1, 0.15) is 0 Å². The Morgan fingerprint density at radius 1 is 1.53 bits per heavy atom. The van der Waals surface area contributed by atoms with Crippen molar-refractivity contribution >= 4 is 33.6 Å². The monoisotopic (exact) mass is 313 g/mol. The van der Waals surface area contributed by atoms with Gasteiger partial charge in [-0.2, -0.15) is 11.8 Å². The highest BCUT2D eigenvalue weighted by atomic mass is 79.9. The molecule has 0 bridgehead atoms. The SMILES string of the molecule is Cc1ccc(C(=O)N(C)C2CCSC2)c(Br)c1. The van der Waals surface area contributed by atoms with Crippen molar-refractivity contribution in [3.05, 3.63) is 33.8 Å². The number of halogens is 1. The van der Waals surface area contributed by atoms with E-state index in [1.54, 1.807) is 0 Å². The van der Waals surface area contributed by atoms with Crippen LogP contribution in [0, 0.1) is 6.92 Å². The summed E-state index contributed by atoms with van der Waals surface area (Å²) in [5.74, 6) is 2.34.